The molecule has 0 aliphatic rings. The molecule has 21 heavy (non-hydrogen) atoms. The van der Waals surface area contributed by atoms with Crippen LogP contribution in [0, 0.1) is 0 Å². The Kier molecular flexibility index (Phi) is 3.45. The summed E-state index contributed by atoms with van der Waals surface area (Å²) in [5.74, 6) is -0.692. The molecule has 1 aromatic heterocycles. The van der Waals surface area contributed by atoms with E-state index in [1.165, 1.54) is 0 Å². The third kappa shape index (κ3) is 2.94. The summed E-state index contributed by atoms with van der Waals surface area (Å²) >= 11 is 0. The van der Waals surface area contributed by atoms with Crippen molar-refractivity contribution in [2.45, 2.75) is 18.5 Å². The highest BCUT2D eigenvalue weighted by Gasteiger charge is 2.34. The molecule has 0 spiro atoms. The molecule has 108 valence electrons. The van der Waals surface area contributed by atoms with Crippen molar-refractivity contribution in [1.82, 2.24) is 4.98 Å². The first-order valence-corrected chi connectivity index (χ1v) is 6.72. The minimum absolute atomic E-state index is 0.680. The topological polar surface area (TPSA) is 15.8 Å². The Hall–Kier alpha value is -2.23. The molecule has 0 saturated carbocycles. The highest BCUT2D eigenvalue weighted by molar-refractivity contribution is 5.84. The Balaban J connectivity index is 2.11. The van der Waals surface area contributed by atoms with E-state index in [-0.39, 0.29) is 0 Å². The van der Waals surface area contributed by atoms with Crippen LogP contribution < -0.4 is 0 Å². The Bertz CT molecular complexity index is 728. The lowest BCUT2D eigenvalue weighted by molar-refractivity contribution is -0.136. The highest BCUT2D eigenvalue weighted by atomic mass is 19.4. The van der Waals surface area contributed by atoms with Gasteiger partial charge in [-0.2, -0.15) is 13.2 Å². The molecule has 0 amide bonds. The standard InChI is InChI=1S/C17H14F3N/c18-17(19,20)10-14(12-6-2-1-3-7-12)15-11-21-16-9-5-4-8-13(15)16/h1-9,11,14,21H,10H2. The maximum Gasteiger partial charge on any atom is 0.390 e. The number of aromatic amines is 1. The van der Waals surface area contributed by atoms with E-state index in [4.69, 9.17) is 0 Å². The molecule has 1 unspecified atom stereocenters. The van der Waals surface area contributed by atoms with Gasteiger partial charge in [0.2, 0.25) is 0 Å². The van der Waals surface area contributed by atoms with Crippen LogP contribution in [0.2, 0.25) is 0 Å². The van der Waals surface area contributed by atoms with Crippen LogP contribution in [0.1, 0.15) is 23.5 Å². The summed E-state index contributed by atoms with van der Waals surface area (Å²) in [5, 5.41) is 0.843. The number of fused-ring (bicyclic) bond motifs is 1. The van der Waals surface area contributed by atoms with Crippen molar-refractivity contribution in [2.24, 2.45) is 0 Å². The lowest BCUT2D eigenvalue weighted by Gasteiger charge is -2.19. The molecule has 1 nitrogen and oxygen atoms in total. The Labute approximate surface area is 120 Å². The van der Waals surface area contributed by atoms with Crippen molar-refractivity contribution in [1.29, 1.82) is 0 Å². The number of nitrogens with one attached hydrogen (secondary N) is 1. The summed E-state index contributed by atoms with van der Waals surface area (Å²) < 4.78 is 38.9. The van der Waals surface area contributed by atoms with Crippen molar-refractivity contribution >= 4 is 10.9 Å². The molecule has 0 radical (unpaired) electrons. The van der Waals surface area contributed by atoms with Crippen LogP contribution in [0.3, 0.4) is 0 Å². The second-order valence-corrected chi connectivity index (χ2v) is 5.07. The third-order valence-electron chi connectivity index (χ3n) is 3.63. The van der Waals surface area contributed by atoms with Crippen LogP contribution in [0.15, 0.2) is 60.8 Å². The maximum atomic E-state index is 13.0. The first-order valence-electron chi connectivity index (χ1n) is 6.72. The van der Waals surface area contributed by atoms with Gasteiger partial charge in [0, 0.05) is 23.0 Å². The number of rotatable bonds is 3. The largest absolute Gasteiger partial charge is 0.390 e. The molecule has 0 bridgehead atoms. The van der Waals surface area contributed by atoms with Crippen LogP contribution in [0.5, 0.6) is 0 Å². The Morgan fingerprint density at radius 1 is 0.905 bits per heavy atom. The number of halogens is 3. The molecule has 2 aromatic carbocycles. The van der Waals surface area contributed by atoms with Gasteiger partial charge in [-0.1, -0.05) is 48.5 Å². The molecule has 0 aliphatic heterocycles. The zero-order chi connectivity index (χ0) is 14.9. The molecule has 4 heteroatoms. The molecular weight excluding hydrogens is 275 g/mol. The van der Waals surface area contributed by atoms with Crippen LogP contribution in [0.4, 0.5) is 13.2 Å². The number of para-hydroxylation sites is 1. The van der Waals surface area contributed by atoms with Gasteiger partial charge in [-0.15, -0.1) is 0 Å². The second-order valence-electron chi connectivity index (χ2n) is 5.07. The second kappa shape index (κ2) is 5.28. The Morgan fingerprint density at radius 3 is 2.29 bits per heavy atom. The molecule has 0 fully saturated rings. The summed E-state index contributed by atoms with van der Waals surface area (Å²) in [6.45, 7) is 0. The molecule has 3 rings (SSSR count). The average molecular weight is 289 g/mol. The maximum absolute atomic E-state index is 13.0. The van der Waals surface area contributed by atoms with Crippen molar-refractivity contribution < 1.29 is 13.2 Å². The van der Waals surface area contributed by atoms with E-state index in [1.54, 1.807) is 30.5 Å². The Morgan fingerprint density at radius 2 is 1.57 bits per heavy atom. The predicted octanol–water partition coefficient (Wildman–Crippen LogP) is 5.25. The molecular formula is C17H14F3N. The van der Waals surface area contributed by atoms with Gasteiger partial charge in [-0.05, 0) is 17.2 Å². The zero-order valence-electron chi connectivity index (χ0n) is 11.2. The SMILES string of the molecule is FC(F)(F)CC(c1ccccc1)c1c[nH]c2ccccc12. The summed E-state index contributed by atoms with van der Waals surface area (Å²) in [6.07, 6.45) is -3.38. The molecule has 3 aromatic rings. The van der Waals surface area contributed by atoms with E-state index >= 15 is 0 Å². The summed E-state index contributed by atoms with van der Waals surface area (Å²) in [7, 11) is 0. The van der Waals surface area contributed by atoms with Crippen LogP contribution in [-0.2, 0) is 0 Å². The summed E-state index contributed by atoms with van der Waals surface area (Å²) in [5.41, 5.74) is 2.23. The fraction of sp³-hybridized carbons (Fsp3) is 0.176. The first kappa shape index (κ1) is 13.7. The van der Waals surface area contributed by atoms with Gasteiger partial charge in [-0.25, -0.2) is 0 Å². The zero-order valence-corrected chi connectivity index (χ0v) is 11.2. The minimum Gasteiger partial charge on any atom is -0.361 e. The van der Waals surface area contributed by atoms with Crippen molar-refractivity contribution in [3.63, 3.8) is 0 Å². The summed E-state index contributed by atoms with van der Waals surface area (Å²) in [6, 6.07) is 16.3. The van der Waals surface area contributed by atoms with Gasteiger partial charge in [0.1, 0.15) is 0 Å². The van der Waals surface area contributed by atoms with Gasteiger partial charge in [0.15, 0.2) is 0 Å². The van der Waals surface area contributed by atoms with E-state index in [0.29, 0.717) is 11.1 Å². The molecule has 1 atom stereocenters. The van der Waals surface area contributed by atoms with Crippen molar-refractivity contribution in [3.8, 4) is 0 Å². The molecule has 1 heterocycles. The highest BCUT2D eigenvalue weighted by Crippen LogP contribution is 2.38. The van der Waals surface area contributed by atoms with E-state index in [1.807, 2.05) is 30.3 Å². The lowest BCUT2D eigenvalue weighted by atomic mass is 9.88. The smallest absolute Gasteiger partial charge is 0.361 e. The van der Waals surface area contributed by atoms with Gasteiger partial charge in [0.05, 0.1) is 6.42 Å². The van der Waals surface area contributed by atoms with Gasteiger partial charge in [0.25, 0.3) is 0 Å². The fourth-order valence-corrected chi connectivity index (χ4v) is 2.71. The number of benzene rings is 2. The van der Waals surface area contributed by atoms with E-state index in [9.17, 15) is 13.2 Å². The van der Waals surface area contributed by atoms with Crippen molar-refractivity contribution in [2.75, 3.05) is 0 Å². The monoisotopic (exact) mass is 289 g/mol. The minimum atomic E-state index is -4.21. The van der Waals surface area contributed by atoms with Crippen molar-refractivity contribution in [3.05, 3.63) is 71.9 Å². The first-order chi connectivity index (χ1) is 10.0. The number of hydrogen-bond donors (Lipinski definition) is 1. The van der Waals surface area contributed by atoms with Gasteiger partial charge < -0.3 is 4.98 Å². The fourth-order valence-electron chi connectivity index (χ4n) is 2.71. The number of H-pyrrole nitrogens is 1. The van der Waals surface area contributed by atoms with Gasteiger partial charge >= 0.3 is 6.18 Å². The molecule has 0 aliphatic carbocycles. The average Bonchev–Trinajstić information content (AvgIpc) is 2.89. The molecule has 1 N–H and O–H groups in total. The number of aromatic nitrogens is 1. The normalized spacial score (nSPS) is 13.5. The summed E-state index contributed by atoms with van der Waals surface area (Å²) in [4.78, 5) is 3.06. The van der Waals surface area contributed by atoms with Gasteiger partial charge in [-0.3, -0.25) is 0 Å². The lowest BCUT2D eigenvalue weighted by Crippen LogP contribution is -2.14. The number of hydrogen-bond acceptors (Lipinski definition) is 0. The third-order valence-corrected chi connectivity index (χ3v) is 3.63. The van der Waals surface area contributed by atoms with Crippen LogP contribution in [0.25, 0.3) is 10.9 Å². The predicted molar refractivity (Wildman–Crippen MR) is 77.3 cm³/mol. The van der Waals surface area contributed by atoms with E-state index in [2.05, 4.69) is 4.98 Å². The van der Waals surface area contributed by atoms with E-state index in [0.717, 1.165) is 10.9 Å². The van der Waals surface area contributed by atoms with Crippen LogP contribution in [-0.4, -0.2) is 11.2 Å². The van der Waals surface area contributed by atoms with Crippen LogP contribution >= 0.6 is 0 Å². The quantitative estimate of drug-likeness (QED) is 0.677. The molecule has 0 saturated heterocycles. The van der Waals surface area contributed by atoms with E-state index < -0.39 is 18.5 Å². The number of alkyl halides is 3.